The molecule has 0 bridgehead atoms. The van der Waals surface area contributed by atoms with Crippen LogP contribution in [0, 0.1) is 0 Å². The van der Waals surface area contributed by atoms with E-state index in [0.717, 1.165) is 0 Å². The minimum Gasteiger partial charge on any atom is -0.502 e. The van der Waals surface area contributed by atoms with Crippen molar-refractivity contribution in [3.8, 4) is 5.75 Å². The Kier molecular flexibility index (Phi) is 5.40. The number of carboxylic acid groups (broad SMARTS) is 1. The van der Waals surface area contributed by atoms with Crippen molar-refractivity contribution >= 4 is 21.9 Å². The van der Waals surface area contributed by atoms with E-state index in [0.29, 0.717) is 10.7 Å². The highest BCUT2D eigenvalue weighted by Gasteiger charge is 2.48. The van der Waals surface area contributed by atoms with Crippen LogP contribution in [-0.2, 0) is 9.47 Å². The van der Waals surface area contributed by atoms with E-state index in [9.17, 15) is 25.2 Å². The first-order chi connectivity index (χ1) is 12.0. The molecule has 1 aliphatic rings. The summed E-state index contributed by atoms with van der Waals surface area (Å²) < 4.78 is 16.2. The molecular weight excluding hydrogens is 416 g/mol. The maximum atomic E-state index is 11.2. The summed E-state index contributed by atoms with van der Waals surface area (Å²) in [4.78, 5) is 11.2. The van der Waals surface area contributed by atoms with E-state index < -0.39 is 35.0 Å². The molecule has 0 aromatic heterocycles. The van der Waals surface area contributed by atoms with Crippen LogP contribution in [-0.4, -0.2) is 43.3 Å². The molecule has 1 aliphatic heterocycles. The quantitative estimate of drug-likeness (QED) is 0.427. The molecule has 0 fully saturated rings. The predicted molar refractivity (Wildman–Crippen MR) is 90.5 cm³/mol. The molecule has 142 valence electrons. The molecule has 1 heterocycles. The molecule has 0 radical (unpaired) electrons. The van der Waals surface area contributed by atoms with Gasteiger partial charge in [0.05, 0.1) is 5.56 Å². The summed E-state index contributed by atoms with van der Waals surface area (Å²) in [7, 11) is 0. The van der Waals surface area contributed by atoms with E-state index in [1.165, 1.54) is 25.1 Å². The first kappa shape index (κ1) is 19.9. The smallest absolute Gasteiger partial charge is 0.394 e. The van der Waals surface area contributed by atoms with Crippen LogP contribution in [0.15, 0.2) is 46.2 Å². The summed E-state index contributed by atoms with van der Waals surface area (Å²) in [6, 6.07) is 4.10. The second kappa shape index (κ2) is 7.06. The molecular formula is C16H17BrO9. The van der Waals surface area contributed by atoms with Crippen molar-refractivity contribution in [3.63, 3.8) is 0 Å². The topological polar surface area (TPSA) is 146 Å². The lowest BCUT2D eigenvalue weighted by molar-refractivity contribution is -0.399. The van der Waals surface area contributed by atoms with Crippen LogP contribution in [0.2, 0.25) is 0 Å². The number of aliphatic hydroxyl groups excluding tert-OH is 3. The average molecular weight is 433 g/mol. The average Bonchev–Trinajstić information content (AvgIpc) is 2.56. The van der Waals surface area contributed by atoms with Crippen LogP contribution < -0.4 is 4.74 Å². The number of hydrogen-bond donors (Lipinski definition) is 5. The van der Waals surface area contributed by atoms with E-state index in [1.807, 2.05) is 0 Å². The van der Waals surface area contributed by atoms with Crippen LogP contribution in [0.1, 0.15) is 30.6 Å². The third-order valence-corrected chi connectivity index (χ3v) is 4.00. The minimum absolute atomic E-state index is 0.0475. The lowest BCUT2D eigenvalue weighted by Crippen LogP contribution is -2.49. The molecule has 1 aromatic rings. The first-order valence-electron chi connectivity index (χ1n) is 7.35. The van der Waals surface area contributed by atoms with Gasteiger partial charge in [-0.15, -0.1) is 0 Å². The highest BCUT2D eigenvalue weighted by Crippen LogP contribution is 2.35. The zero-order chi connectivity index (χ0) is 19.7. The van der Waals surface area contributed by atoms with Gasteiger partial charge in [-0.3, -0.25) is 4.74 Å². The van der Waals surface area contributed by atoms with Gasteiger partial charge in [-0.2, -0.15) is 0 Å². The monoisotopic (exact) mass is 432 g/mol. The standard InChI is InChI=1S/C16H17BrO9/c1-3-15(2,25-10-5-8(14(21)22)4-9(17)6-10)26-16(23)13(20)12(19)11(18)7-24-16/h4-7,18-20,23H,3H2,1-2H3,(H,21,22). The van der Waals surface area contributed by atoms with Crippen molar-refractivity contribution < 1.29 is 44.5 Å². The number of carboxylic acids is 1. The minimum atomic E-state index is -2.82. The number of rotatable bonds is 6. The van der Waals surface area contributed by atoms with E-state index in [1.54, 1.807) is 6.92 Å². The van der Waals surface area contributed by atoms with Crippen LogP contribution >= 0.6 is 15.9 Å². The van der Waals surface area contributed by atoms with E-state index in [2.05, 4.69) is 15.9 Å². The van der Waals surface area contributed by atoms with Crippen molar-refractivity contribution in [2.24, 2.45) is 0 Å². The lowest BCUT2D eigenvalue weighted by atomic mass is 10.2. The van der Waals surface area contributed by atoms with Crippen LogP contribution in [0.25, 0.3) is 0 Å². The summed E-state index contributed by atoms with van der Waals surface area (Å²) in [5.41, 5.74) is -0.0475. The molecule has 9 nitrogen and oxygen atoms in total. The molecule has 0 amide bonds. The van der Waals surface area contributed by atoms with Crippen molar-refractivity contribution in [3.05, 3.63) is 51.8 Å². The van der Waals surface area contributed by atoms with Gasteiger partial charge in [0.25, 0.3) is 0 Å². The summed E-state index contributed by atoms with van der Waals surface area (Å²) in [5, 5.41) is 48.1. The van der Waals surface area contributed by atoms with Gasteiger partial charge in [0.15, 0.2) is 5.76 Å². The normalized spacial score (nSPS) is 22.2. The molecule has 2 atom stereocenters. The molecule has 1 aromatic carbocycles. The maximum absolute atomic E-state index is 11.2. The SMILES string of the molecule is CCC(C)(Oc1cc(Br)cc(C(=O)O)c1)OC1(O)OC=C(O)C(O)=C1O. The van der Waals surface area contributed by atoms with Gasteiger partial charge in [-0.05, 0) is 18.2 Å². The number of ether oxygens (including phenoxy) is 3. The number of benzene rings is 1. The van der Waals surface area contributed by atoms with Gasteiger partial charge in [0.1, 0.15) is 12.0 Å². The van der Waals surface area contributed by atoms with Crippen molar-refractivity contribution in [2.45, 2.75) is 32.0 Å². The van der Waals surface area contributed by atoms with Crippen LogP contribution in [0.4, 0.5) is 0 Å². The van der Waals surface area contributed by atoms with E-state index >= 15 is 0 Å². The Labute approximate surface area is 156 Å². The number of carbonyl (C=O) groups is 1. The molecule has 0 saturated carbocycles. The van der Waals surface area contributed by atoms with Gasteiger partial charge >= 0.3 is 11.9 Å². The van der Waals surface area contributed by atoms with Gasteiger partial charge in [0, 0.05) is 17.8 Å². The fourth-order valence-electron chi connectivity index (χ4n) is 2.04. The Hall–Kier alpha value is -2.43. The second-order valence-corrected chi connectivity index (χ2v) is 6.49. The van der Waals surface area contributed by atoms with Crippen LogP contribution in [0.3, 0.4) is 0 Å². The number of aromatic carboxylic acids is 1. The van der Waals surface area contributed by atoms with E-state index in [-0.39, 0.29) is 17.7 Å². The predicted octanol–water partition coefficient (Wildman–Crippen LogP) is 3.07. The lowest BCUT2D eigenvalue weighted by Gasteiger charge is -2.37. The van der Waals surface area contributed by atoms with Gasteiger partial charge in [-0.25, -0.2) is 4.79 Å². The molecule has 2 rings (SSSR count). The van der Waals surface area contributed by atoms with Crippen molar-refractivity contribution in [1.82, 2.24) is 0 Å². The Balaban J connectivity index is 2.31. The fourth-order valence-corrected chi connectivity index (χ4v) is 2.52. The van der Waals surface area contributed by atoms with Gasteiger partial charge in [0.2, 0.25) is 17.3 Å². The first-order valence-corrected chi connectivity index (χ1v) is 8.14. The van der Waals surface area contributed by atoms with Gasteiger partial charge < -0.3 is 35.0 Å². The molecule has 2 unspecified atom stereocenters. The zero-order valence-electron chi connectivity index (χ0n) is 13.8. The summed E-state index contributed by atoms with van der Waals surface area (Å²) in [6.45, 7) is 3.04. The van der Waals surface area contributed by atoms with Crippen LogP contribution in [0.5, 0.6) is 5.75 Å². The Morgan fingerprint density at radius 1 is 1.31 bits per heavy atom. The van der Waals surface area contributed by atoms with Crippen molar-refractivity contribution in [2.75, 3.05) is 0 Å². The molecule has 0 saturated heterocycles. The Bertz CT molecular complexity index is 788. The largest absolute Gasteiger partial charge is 0.502 e. The number of halogens is 1. The zero-order valence-corrected chi connectivity index (χ0v) is 15.3. The molecule has 0 spiro atoms. The highest BCUT2D eigenvalue weighted by molar-refractivity contribution is 9.10. The molecule has 0 aliphatic carbocycles. The highest BCUT2D eigenvalue weighted by atomic mass is 79.9. The second-order valence-electron chi connectivity index (χ2n) is 5.57. The third-order valence-electron chi connectivity index (χ3n) is 3.54. The van der Waals surface area contributed by atoms with Gasteiger partial charge in [-0.1, -0.05) is 22.9 Å². The van der Waals surface area contributed by atoms with Crippen molar-refractivity contribution in [1.29, 1.82) is 0 Å². The summed E-state index contributed by atoms with van der Waals surface area (Å²) in [6.07, 6.45) is 0.712. The molecule has 26 heavy (non-hydrogen) atoms. The molecule has 10 heteroatoms. The summed E-state index contributed by atoms with van der Waals surface area (Å²) >= 11 is 3.17. The Morgan fingerprint density at radius 2 is 1.96 bits per heavy atom. The Morgan fingerprint density at radius 3 is 2.54 bits per heavy atom. The number of hydrogen-bond acceptors (Lipinski definition) is 8. The maximum Gasteiger partial charge on any atom is 0.394 e. The number of aliphatic hydroxyl groups is 4. The van der Waals surface area contributed by atoms with E-state index in [4.69, 9.17) is 19.3 Å². The third kappa shape index (κ3) is 4.03. The summed E-state index contributed by atoms with van der Waals surface area (Å²) in [5.74, 6) is -8.48. The fraction of sp³-hybridized carbons (Fsp3) is 0.312. The molecule has 5 N–H and O–H groups in total.